The van der Waals surface area contributed by atoms with E-state index in [1.165, 1.54) is 69.9 Å². The van der Waals surface area contributed by atoms with Gasteiger partial charge in [0.2, 0.25) is 5.91 Å². The fraction of sp³-hybridized carbons (Fsp3) is 0.760. The van der Waals surface area contributed by atoms with E-state index >= 15 is 0 Å². The highest BCUT2D eigenvalue weighted by atomic mass is 16.2. The predicted octanol–water partition coefficient (Wildman–Crippen LogP) is 3.94. The highest BCUT2D eigenvalue weighted by molar-refractivity contribution is 5.79. The number of carbonyl (C=O) groups is 1. The smallest absolute Gasteiger partial charge is 0.226 e. The van der Waals surface area contributed by atoms with E-state index in [-0.39, 0.29) is 5.92 Å². The minimum atomic E-state index is 0.230. The Morgan fingerprint density at radius 3 is 2.33 bits per heavy atom. The van der Waals surface area contributed by atoms with Gasteiger partial charge in [0.1, 0.15) is 0 Å². The van der Waals surface area contributed by atoms with Gasteiger partial charge in [-0.05, 0) is 69.8 Å². The van der Waals surface area contributed by atoms with Crippen molar-refractivity contribution in [1.82, 2.24) is 19.7 Å². The van der Waals surface area contributed by atoms with Crippen LogP contribution >= 0.6 is 0 Å². The van der Waals surface area contributed by atoms with Crippen LogP contribution < -0.4 is 0 Å². The summed E-state index contributed by atoms with van der Waals surface area (Å²) < 4.78 is 0. The molecular weight excluding hydrogens is 372 g/mol. The molecule has 3 fully saturated rings. The summed E-state index contributed by atoms with van der Waals surface area (Å²) in [7, 11) is 0. The van der Waals surface area contributed by atoms with Crippen LogP contribution in [0.4, 0.5) is 0 Å². The van der Waals surface area contributed by atoms with E-state index in [4.69, 9.17) is 0 Å². The first kappa shape index (κ1) is 21.8. The number of piperidine rings is 2. The molecule has 30 heavy (non-hydrogen) atoms. The van der Waals surface area contributed by atoms with Crippen LogP contribution in [0.15, 0.2) is 24.5 Å². The molecule has 1 atom stereocenters. The number of aromatic nitrogens is 1. The zero-order valence-corrected chi connectivity index (χ0v) is 18.7. The van der Waals surface area contributed by atoms with Gasteiger partial charge in [-0.25, -0.2) is 0 Å². The summed E-state index contributed by atoms with van der Waals surface area (Å²) in [6, 6.07) is 4.86. The fourth-order valence-corrected chi connectivity index (χ4v) is 5.63. The van der Waals surface area contributed by atoms with Gasteiger partial charge in [0.05, 0.1) is 5.92 Å². The highest BCUT2D eigenvalue weighted by Gasteiger charge is 2.33. The first-order valence-electron chi connectivity index (χ1n) is 12.4. The lowest BCUT2D eigenvalue weighted by molar-refractivity contribution is -0.138. The van der Waals surface area contributed by atoms with Gasteiger partial charge in [-0.15, -0.1) is 0 Å². The first-order valence-corrected chi connectivity index (χ1v) is 12.4. The lowest BCUT2D eigenvalue weighted by atomic mass is 9.92. The van der Waals surface area contributed by atoms with Crippen molar-refractivity contribution in [2.75, 3.05) is 39.3 Å². The van der Waals surface area contributed by atoms with Crippen molar-refractivity contribution < 1.29 is 4.79 Å². The summed E-state index contributed by atoms with van der Waals surface area (Å²) in [6.45, 7) is 7.46. The van der Waals surface area contributed by atoms with Crippen molar-refractivity contribution in [3.8, 4) is 0 Å². The number of likely N-dealkylation sites (tertiary alicyclic amines) is 2. The van der Waals surface area contributed by atoms with Crippen molar-refractivity contribution in [3.05, 3.63) is 30.1 Å². The van der Waals surface area contributed by atoms with Crippen molar-refractivity contribution in [3.63, 3.8) is 0 Å². The molecule has 0 aromatic carbocycles. The van der Waals surface area contributed by atoms with Crippen molar-refractivity contribution in [2.45, 2.75) is 76.8 Å². The van der Waals surface area contributed by atoms with Gasteiger partial charge in [0.25, 0.3) is 0 Å². The standard InChI is InChI=1S/C25H40N4O/c30-25(28-14-5-3-1-2-4-6-15-28)23-10-8-16-29(21-23)24-11-17-27(18-12-24)20-22-9-7-13-26-19-22/h7,9,13,19,23-24H,1-6,8,10-12,14-18,20-21H2/t23-/m0/s1. The summed E-state index contributed by atoms with van der Waals surface area (Å²) in [5, 5.41) is 0. The Morgan fingerprint density at radius 1 is 0.900 bits per heavy atom. The molecule has 0 radical (unpaired) electrons. The molecule has 0 aliphatic carbocycles. The fourth-order valence-electron chi connectivity index (χ4n) is 5.63. The van der Waals surface area contributed by atoms with Gasteiger partial charge in [-0.1, -0.05) is 31.7 Å². The third-order valence-electron chi connectivity index (χ3n) is 7.42. The first-order chi connectivity index (χ1) is 14.8. The highest BCUT2D eigenvalue weighted by Crippen LogP contribution is 2.26. The van der Waals surface area contributed by atoms with E-state index in [0.717, 1.165) is 45.7 Å². The molecule has 166 valence electrons. The van der Waals surface area contributed by atoms with E-state index in [2.05, 4.69) is 25.8 Å². The zero-order valence-electron chi connectivity index (χ0n) is 18.7. The molecule has 0 bridgehead atoms. The summed E-state index contributed by atoms with van der Waals surface area (Å²) in [6.07, 6.45) is 16.2. The normalized spacial score (nSPS) is 26.0. The van der Waals surface area contributed by atoms with Gasteiger partial charge < -0.3 is 4.90 Å². The number of pyridine rings is 1. The van der Waals surface area contributed by atoms with Crippen LogP contribution in [0, 0.1) is 5.92 Å². The van der Waals surface area contributed by atoms with Crippen molar-refractivity contribution >= 4 is 5.91 Å². The molecule has 5 nitrogen and oxygen atoms in total. The Hall–Kier alpha value is -1.46. The summed E-state index contributed by atoms with van der Waals surface area (Å²) in [5.74, 6) is 0.684. The quantitative estimate of drug-likeness (QED) is 0.751. The number of nitrogens with zero attached hydrogens (tertiary/aromatic N) is 4. The number of amides is 1. The van der Waals surface area contributed by atoms with Crippen LogP contribution in [-0.2, 0) is 11.3 Å². The number of rotatable bonds is 4. The molecule has 3 saturated heterocycles. The van der Waals surface area contributed by atoms with Gasteiger partial charge in [0, 0.05) is 44.6 Å². The van der Waals surface area contributed by atoms with Crippen LogP contribution in [-0.4, -0.2) is 70.9 Å². The van der Waals surface area contributed by atoms with Crippen LogP contribution in [0.25, 0.3) is 0 Å². The lowest BCUT2D eigenvalue weighted by Crippen LogP contribution is -2.51. The molecule has 4 rings (SSSR count). The summed E-state index contributed by atoms with van der Waals surface area (Å²) in [4.78, 5) is 25.0. The molecule has 0 N–H and O–H groups in total. The molecule has 4 heterocycles. The number of hydrogen-bond acceptors (Lipinski definition) is 4. The van der Waals surface area contributed by atoms with Gasteiger partial charge in [-0.2, -0.15) is 0 Å². The Bertz CT molecular complexity index is 634. The monoisotopic (exact) mass is 412 g/mol. The van der Waals surface area contributed by atoms with Crippen molar-refractivity contribution in [1.29, 1.82) is 0 Å². The third-order valence-corrected chi connectivity index (χ3v) is 7.42. The molecule has 1 amide bonds. The van der Waals surface area contributed by atoms with Crippen molar-refractivity contribution in [2.24, 2.45) is 5.92 Å². The maximum absolute atomic E-state index is 13.3. The second kappa shape index (κ2) is 11.2. The van der Waals surface area contributed by atoms with E-state index in [9.17, 15) is 4.79 Å². The molecular formula is C25H40N4O. The Balaban J connectivity index is 1.26. The lowest BCUT2D eigenvalue weighted by Gasteiger charge is -2.42. The van der Waals surface area contributed by atoms with Crippen LogP contribution in [0.5, 0.6) is 0 Å². The Morgan fingerprint density at radius 2 is 1.63 bits per heavy atom. The molecule has 0 unspecified atom stereocenters. The topological polar surface area (TPSA) is 39.7 Å². The average molecular weight is 413 g/mol. The van der Waals surface area contributed by atoms with E-state index in [1.54, 1.807) is 0 Å². The zero-order chi connectivity index (χ0) is 20.6. The molecule has 0 spiro atoms. The Labute approximate surface area is 182 Å². The van der Waals surface area contributed by atoms with Gasteiger partial charge >= 0.3 is 0 Å². The molecule has 3 aliphatic rings. The minimum absolute atomic E-state index is 0.230. The molecule has 5 heteroatoms. The molecule has 1 aromatic rings. The maximum Gasteiger partial charge on any atom is 0.226 e. The predicted molar refractivity (Wildman–Crippen MR) is 121 cm³/mol. The maximum atomic E-state index is 13.3. The van der Waals surface area contributed by atoms with E-state index < -0.39 is 0 Å². The summed E-state index contributed by atoms with van der Waals surface area (Å²) in [5.41, 5.74) is 1.31. The molecule has 1 aromatic heterocycles. The minimum Gasteiger partial charge on any atom is -0.342 e. The van der Waals surface area contributed by atoms with Gasteiger partial charge in [0.15, 0.2) is 0 Å². The average Bonchev–Trinajstić information content (AvgIpc) is 2.94. The Kier molecular flexibility index (Phi) is 8.15. The second-order valence-electron chi connectivity index (χ2n) is 9.65. The number of carbonyl (C=O) groups excluding carboxylic acids is 1. The largest absolute Gasteiger partial charge is 0.342 e. The third kappa shape index (κ3) is 6.04. The second-order valence-corrected chi connectivity index (χ2v) is 9.65. The van der Waals surface area contributed by atoms with E-state index in [1.807, 2.05) is 18.5 Å². The van der Waals surface area contributed by atoms with Crippen LogP contribution in [0.2, 0.25) is 0 Å². The van der Waals surface area contributed by atoms with Crippen LogP contribution in [0.3, 0.4) is 0 Å². The summed E-state index contributed by atoms with van der Waals surface area (Å²) >= 11 is 0. The van der Waals surface area contributed by atoms with Gasteiger partial charge in [-0.3, -0.25) is 19.6 Å². The van der Waals surface area contributed by atoms with Crippen LogP contribution in [0.1, 0.15) is 69.8 Å². The van der Waals surface area contributed by atoms with E-state index in [0.29, 0.717) is 11.9 Å². The number of hydrogen-bond donors (Lipinski definition) is 0. The molecule has 3 aliphatic heterocycles. The SMILES string of the molecule is O=C([C@H]1CCCN(C2CCN(Cc3cccnc3)CC2)C1)N1CCCCCCCC1. The molecule has 0 saturated carbocycles.